The Morgan fingerprint density at radius 1 is 1.48 bits per heavy atom. The fraction of sp³-hybridized carbons (Fsp3) is 0.533. The van der Waals surface area contributed by atoms with Gasteiger partial charge >= 0.3 is 5.97 Å². The Bertz CT molecular complexity index is 515. The third-order valence-electron chi connectivity index (χ3n) is 3.89. The molecule has 0 saturated carbocycles. The average molecular weight is 291 g/mol. The van der Waals surface area contributed by atoms with Crippen molar-refractivity contribution >= 4 is 17.7 Å². The van der Waals surface area contributed by atoms with Gasteiger partial charge in [-0.05, 0) is 44.9 Å². The maximum Gasteiger partial charge on any atom is 0.320 e. The summed E-state index contributed by atoms with van der Waals surface area (Å²) in [4.78, 5) is 29.3. The molecular weight excluding hydrogens is 270 g/mol. The summed E-state index contributed by atoms with van der Waals surface area (Å²) in [5.74, 6) is -0.595. The van der Waals surface area contributed by atoms with Crippen molar-refractivity contribution in [2.24, 2.45) is 5.92 Å². The molecule has 1 aliphatic heterocycles. The largest absolute Gasteiger partial charge is 0.480 e. The van der Waals surface area contributed by atoms with E-state index >= 15 is 0 Å². The number of nitrogens with zero attached hydrogens (tertiary/aromatic N) is 2. The van der Waals surface area contributed by atoms with E-state index < -0.39 is 12.0 Å². The smallest absolute Gasteiger partial charge is 0.320 e. The van der Waals surface area contributed by atoms with Gasteiger partial charge in [-0.2, -0.15) is 0 Å². The lowest BCUT2D eigenvalue weighted by molar-refractivity contribution is -0.144. The molecule has 1 aromatic rings. The Morgan fingerprint density at radius 3 is 2.86 bits per heavy atom. The van der Waals surface area contributed by atoms with Gasteiger partial charge in [-0.3, -0.25) is 14.5 Å². The van der Waals surface area contributed by atoms with Crippen LogP contribution in [-0.2, 0) is 9.59 Å². The number of carboxylic acids is 1. The molecule has 6 heteroatoms. The van der Waals surface area contributed by atoms with E-state index in [1.807, 2.05) is 17.9 Å². The molecule has 1 amide bonds. The van der Waals surface area contributed by atoms with Crippen LogP contribution < -0.4 is 5.32 Å². The monoisotopic (exact) mass is 291 g/mol. The fourth-order valence-corrected chi connectivity index (χ4v) is 2.50. The summed E-state index contributed by atoms with van der Waals surface area (Å²) in [6.07, 6.45) is 3.31. The number of aryl methyl sites for hydroxylation is 1. The summed E-state index contributed by atoms with van der Waals surface area (Å²) in [7, 11) is 0. The molecule has 0 aliphatic carbocycles. The average Bonchev–Trinajstić information content (AvgIpc) is 2.48. The maximum absolute atomic E-state index is 12.3. The molecule has 1 aromatic heterocycles. The second-order valence-corrected chi connectivity index (χ2v) is 5.56. The molecule has 2 atom stereocenters. The SMILES string of the molecule is Cc1ccc(NC(=O)[C@@H]2CCCN([C@@H](C)C(=O)O)C2)nc1. The zero-order valence-corrected chi connectivity index (χ0v) is 12.4. The van der Waals surface area contributed by atoms with Crippen LogP contribution in [0, 0.1) is 12.8 Å². The first-order chi connectivity index (χ1) is 9.97. The standard InChI is InChI=1S/C15H21N3O3/c1-10-5-6-13(16-8-10)17-14(19)12-4-3-7-18(9-12)11(2)15(20)21/h5-6,8,11-12H,3-4,7,9H2,1-2H3,(H,20,21)(H,16,17,19)/t11-,12+/m0/s1. The Morgan fingerprint density at radius 2 is 2.24 bits per heavy atom. The number of nitrogens with one attached hydrogen (secondary N) is 1. The van der Waals surface area contributed by atoms with Crippen LogP contribution in [0.2, 0.25) is 0 Å². The summed E-state index contributed by atoms with van der Waals surface area (Å²) in [6.45, 7) is 4.79. The molecule has 2 heterocycles. The van der Waals surface area contributed by atoms with Gasteiger partial charge < -0.3 is 10.4 Å². The van der Waals surface area contributed by atoms with Crippen molar-refractivity contribution in [3.05, 3.63) is 23.9 Å². The summed E-state index contributed by atoms with van der Waals surface area (Å²) in [6, 6.07) is 3.11. The highest BCUT2D eigenvalue weighted by molar-refractivity contribution is 5.91. The minimum absolute atomic E-state index is 0.0892. The number of amides is 1. The third kappa shape index (κ3) is 4.01. The number of hydrogen-bond donors (Lipinski definition) is 2. The molecule has 1 saturated heterocycles. The number of aromatic nitrogens is 1. The van der Waals surface area contributed by atoms with Crippen LogP contribution in [0.3, 0.4) is 0 Å². The van der Waals surface area contributed by atoms with Crippen molar-refractivity contribution in [2.45, 2.75) is 32.7 Å². The van der Waals surface area contributed by atoms with Crippen molar-refractivity contribution in [3.8, 4) is 0 Å². The van der Waals surface area contributed by atoms with E-state index in [0.29, 0.717) is 12.4 Å². The van der Waals surface area contributed by atoms with E-state index in [9.17, 15) is 9.59 Å². The summed E-state index contributed by atoms with van der Waals surface area (Å²) >= 11 is 0. The van der Waals surface area contributed by atoms with Crippen molar-refractivity contribution in [3.63, 3.8) is 0 Å². The van der Waals surface area contributed by atoms with Gasteiger partial charge in [0.15, 0.2) is 0 Å². The van der Waals surface area contributed by atoms with E-state index in [4.69, 9.17) is 5.11 Å². The molecule has 0 bridgehead atoms. The van der Waals surface area contributed by atoms with Crippen LogP contribution >= 0.6 is 0 Å². The third-order valence-corrected chi connectivity index (χ3v) is 3.89. The Kier molecular flexibility index (Phi) is 4.90. The molecule has 21 heavy (non-hydrogen) atoms. The van der Waals surface area contributed by atoms with Crippen molar-refractivity contribution in [2.75, 3.05) is 18.4 Å². The Balaban J connectivity index is 1.95. The van der Waals surface area contributed by atoms with Crippen molar-refractivity contribution in [1.82, 2.24) is 9.88 Å². The first-order valence-corrected chi connectivity index (χ1v) is 7.17. The Hall–Kier alpha value is -1.95. The number of carboxylic acid groups (broad SMARTS) is 1. The second-order valence-electron chi connectivity index (χ2n) is 5.56. The highest BCUT2D eigenvalue weighted by Crippen LogP contribution is 2.20. The van der Waals surface area contributed by atoms with Gasteiger partial charge in [-0.1, -0.05) is 6.07 Å². The predicted molar refractivity (Wildman–Crippen MR) is 79.0 cm³/mol. The van der Waals surface area contributed by atoms with Crippen molar-refractivity contribution < 1.29 is 14.7 Å². The van der Waals surface area contributed by atoms with Gasteiger partial charge in [0.1, 0.15) is 11.9 Å². The molecule has 0 spiro atoms. The van der Waals surface area contributed by atoms with Crippen LogP contribution in [0.4, 0.5) is 5.82 Å². The van der Waals surface area contributed by atoms with E-state index in [1.165, 1.54) is 0 Å². The quantitative estimate of drug-likeness (QED) is 0.878. The molecule has 2 N–H and O–H groups in total. The van der Waals surface area contributed by atoms with E-state index in [0.717, 1.165) is 24.9 Å². The number of rotatable bonds is 4. The molecule has 0 radical (unpaired) electrons. The van der Waals surface area contributed by atoms with Gasteiger partial charge in [-0.25, -0.2) is 4.98 Å². The van der Waals surface area contributed by atoms with Crippen LogP contribution in [0.25, 0.3) is 0 Å². The van der Waals surface area contributed by atoms with Crippen molar-refractivity contribution in [1.29, 1.82) is 0 Å². The van der Waals surface area contributed by atoms with Gasteiger partial charge in [0.05, 0.1) is 5.92 Å². The molecule has 1 fully saturated rings. The fourth-order valence-electron chi connectivity index (χ4n) is 2.50. The van der Waals surface area contributed by atoms with Gasteiger partial charge in [0.25, 0.3) is 0 Å². The van der Waals surface area contributed by atoms with Gasteiger partial charge in [0, 0.05) is 12.7 Å². The number of aliphatic carboxylic acids is 1. The first kappa shape index (κ1) is 15.4. The zero-order chi connectivity index (χ0) is 15.4. The zero-order valence-electron chi connectivity index (χ0n) is 12.4. The predicted octanol–water partition coefficient (Wildman–Crippen LogP) is 1.51. The van der Waals surface area contributed by atoms with Crippen LogP contribution in [0.1, 0.15) is 25.3 Å². The number of piperidine rings is 1. The number of anilines is 1. The van der Waals surface area contributed by atoms with Crippen LogP contribution in [-0.4, -0.2) is 46.0 Å². The van der Waals surface area contributed by atoms with Gasteiger partial charge in [0.2, 0.25) is 5.91 Å². The minimum Gasteiger partial charge on any atom is -0.480 e. The highest BCUT2D eigenvalue weighted by atomic mass is 16.4. The lowest BCUT2D eigenvalue weighted by Gasteiger charge is -2.34. The highest BCUT2D eigenvalue weighted by Gasteiger charge is 2.30. The van der Waals surface area contributed by atoms with E-state index in [-0.39, 0.29) is 11.8 Å². The van der Waals surface area contributed by atoms with Crippen LogP contribution in [0.5, 0.6) is 0 Å². The molecular formula is C15H21N3O3. The molecule has 0 aromatic carbocycles. The Labute approximate surface area is 124 Å². The summed E-state index contributed by atoms with van der Waals surface area (Å²) in [5.41, 5.74) is 1.03. The topological polar surface area (TPSA) is 82.5 Å². The lowest BCUT2D eigenvalue weighted by atomic mass is 9.96. The number of likely N-dealkylation sites (tertiary alicyclic amines) is 1. The van der Waals surface area contributed by atoms with Crippen LogP contribution in [0.15, 0.2) is 18.3 Å². The molecule has 0 unspecified atom stereocenters. The normalized spacial score (nSPS) is 20.8. The second kappa shape index (κ2) is 6.67. The van der Waals surface area contributed by atoms with E-state index in [2.05, 4.69) is 10.3 Å². The number of carbonyl (C=O) groups is 2. The molecule has 6 nitrogen and oxygen atoms in total. The molecule has 114 valence electrons. The summed E-state index contributed by atoms with van der Waals surface area (Å²) in [5, 5.41) is 11.9. The number of carbonyl (C=O) groups excluding carboxylic acids is 1. The molecule has 1 aliphatic rings. The first-order valence-electron chi connectivity index (χ1n) is 7.17. The maximum atomic E-state index is 12.3. The van der Waals surface area contributed by atoms with E-state index in [1.54, 1.807) is 19.2 Å². The number of hydrogen-bond acceptors (Lipinski definition) is 4. The molecule has 2 rings (SSSR count). The lowest BCUT2D eigenvalue weighted by Crippen LogP contribution is -2.47. The van der Waals surface area contributed by atoms with Gasteiger partial charge in [-0.15, -0.1) is 0 Å². The minimum atomic E-state index is -0.851. The summed E-state index contributed by atoms with van der Waals surface area (Å²) < 4.78 is 0. The number of pyridine rings is 1.